The van der Waals surface area contributed by atoms with Gasteiger partial charge in [0, 0.05) is 0 Å². The molecule has 3 nitrogen and oxygen atoms in total. The summed E-state index contributed by atoms with van der Waals surface area (Å²) in [5.74, 6) is 0. The van der Waals surface area contributed by atoms with Gasteiger partial charge in [0.05, 0.1) is 0 Å². The molecule has 0 saturated heterocycles. The minimum absolute atomic E-state index is 0.139. The van der Waals surface area contributed by atoms with E-state index in [2.05, 4.69) is 47.4 Å². The fraction of sp³-hybridized carbons (Fsp3) is 0.108. The molecular formula is C37H27F3N2OSe. The average Bonchev–Trinajstić information content (AvgIpc) is 3.02. The number of hydrogen-bond acceptors (Lipinski definition) is 3. The number of para-hydroxylation sites is 3. The summed E-state index contributed by atoms with van der Waals surface area (Å²) >= 11 is 0.139. The third kappa shape index (κ3) is 5.07. The molecule has 1 aliphatic rings. The van der Waals surface area contributed by atoms with Crippen LogP contribution in [0.4, 0.5) is 30.2 Å². The second kappa shape index (κ2) is 10.6. The number of aromatic nitrogens is 1. The summed E-state index contributed by atoms with van der Waals surface area (Å²) in [5.41, 5.74) is 5.89. The first-order chi connectivity index (χ1) is 21.1. The topological polar surface area (TPSA) is 36.4 Å². The first-order valence-corrected chi connectivity index (χ1v) is 15.9. The first kappa shape index (κ1) is 28.4. The predicted octanol–water partition coefficient (Wildman–Crippen LogP) is 8.25. The fourth-order valence-corrected chi connectivity index (χ4v) is 7.87. The Labute approximate surface area is 259 Å². The van der Waals surface area contributed by atoms with E-state index in [1.54, 1.807) is 13.8 Å². The van der Waals surface area contributed by atoms with Crippen LogP contribution in [0.3, 0.4) is 0 Å². The number of anilines is 3. The number of halogens is 3. The van der Waals surface area contributed by atoms with Gasteiger partial charge in [-0.15, -0.1) is 0 Å². The molecule has 0 aliphatic carbocycles. The second-order valence-corrected chi connectivity index (χ2v) is 13.6. The summed E-state index contributed by atoms with van der Waals surface area (Å²) in [6, 6.07) is 37.8. The van der Waals surface area contributed by atoms with E-state index in [0.29, 0.717) is 11.3 Å². The van der Waals surface area contributed by atoms with E-state index in [-0.39, 0.29) is 15.0 Å². The zero-order valence-electron chi connectivity index (χ0n) is 23.9. The van der Waals surface area contributed by atoms with Gasteiger partial charge in [-0.3, -0.25) is 0 Å². The monoisotopic (exact) mass is 652 g/mol. The molecule has 6 aromatic rings. The maximum atomic E-state index is 13.4. The standard InChI is InChI=1S/C37H27F3N2OSe/c1-36(2,43)25-18-14-23(15-19-25)28-22-29(24-16-20-26(21-17-24)37(38,39)40)41-35-27(28)8-7-11-32(35)42-30-9-3-5-12-33(30)44-34-13-6-4-10-31(34)42/h3-22,43H,1-2H3. The van der Waals surface area contributed by atoms with Crippen molar-refractivity contribution in [3.63, 3.8) is 0 Å². The Balaban J connectivity index is 1.49. The minimum atomic E-state index is -4.42. The molecule has 0 amide bonds. The van der Waals surface area contributed by atoms with Crippen molar-refractivity contribution in [1.82, 2.24) is 4.98 Å². The van der Waals surface area contributed by atoms with Crippen molar-refractivity contribution in [2.75, 3.05) is 4.90 Å². The number of benzene rings is 5. The van der Waals surface area contributed by atoms with Crippen molar-refractivity contribution in [2.24, 2.45) is 0 Å². The number of nitrogens with zero attached hydrogens (tertiary/aromatic N) is 2. The number of hydrogen-bond donors (Lipinski definition) is 1. The van der Waals surface area contributed by atoms with Crippen LogP contribution in [-0.2, 0) is 11.8 Å². The fourth-order valence-electron chi connectivity index (χ4n) is 5.65. The molecule has 0 unspecified atom stereocenters. The van der Waals surface area contributed by atoms with E-state index < -0.39 is 17.3 Å². The molecule has 218 valence electrons. The van der Waals surface area contributed by atoms with Crippen molar-refractivity contribution in [2.45, 2.75) is 25.6 Å². The van der Waals surface area contributed by atoms with E-state index in [1.807, 2.05) is 54.6 Å². The van der Waals surface area contributed by atoms with Gasteiger partial charge in [-0.1, -0.05) is 0 Å². The van der Waals surface area contributed by atoms with Crippen molar-refractivity contribution < 1.29 is 18.3 Å². The zero-order valence-corrected chi connectivity index (χ0v) is 25.6. The van der Waals surface area contributed by atoms with E-state index in [4.69, 9.17) is 4.98 Å². The molecule has 1 aromatic heterocycles. The van der Waals surface area contributed by atoms with Crippen LogP contribution in [0.2, 0.25) is 0 Å². The molecule has 0 saturated carbocycles. The van der Waals surface area contributed by atoms with Gasteiger partial charge in [0.1, 0.15) is 0 Å². The van der Waals surface area contributed by atoms with E-state index >= 15 is 0 Å². The number of aliphatic hydroxyl groups is 1. The Bertz CT molecular complexity index is 1970. The van der Waals surface area contributed by atoms with Crippen LogP contribution < -0.4 is 13.8 Å². The number of fused-ring (bicyclic) bond motifs is 3. The van der Waals surface area contributed by atoms with Gasteiger partial charge < -0.3 is 5.11 Å². The number of pyridine rings is 1. The maximum absolute atomic E-state index is 13.4. The zero-order chi connectivity index (χ0) is 30.6. The average molecular weight is 652 g/mol. The van der Waals surface area contributed by atoms with Gasteiger partial charge in [-0.25, -0.2) is 0 Å². The molecule has 0 spiro atoms. The summed E-state index contributed by atoms with van der Waals surface area (Å²) in [6.07, 6.45) is -4.42. The summed E-state index contributed by atoms with van der Waals surface area (Å²) < 4.78 is 42.7. The molecule has 5 aromatic carbocycles. The van der Waals surface area contributed by atoms with E-state index in [9.17, 15) is 18.3 Å². The molecule has 2 heterocycles. The predicted molar refractivity (Wildman–Crippen MR) is 173 cm³/mol. The Kier molecular flexibility index (Phi) is 6.85. The van der Waals surface area contributed by atoms with Crippen molar-refractivity contribution in [3.05, 3.63) is 132 Å². The van der Waals surface area contributed by atoms with Crippen LogP contribution in [0.25, 0.3) is 33.3 Å². The molecule has 0 atom stereocenters. The van der Waals surface area contributed by atoms with Gasteiger partial charge in [-0.2, -0.15) is 13.2 Å². The van der Waals surface area contributed by atoms with Crippen LogP contribution in [-0.4, -0.2) is 25.0 Å². The summed E-state index contributed by atoms with van der Waals surface area (Å²) in [5, 5.41) is 11.5. The molecule has 1 N–H and O–H groups in total. The molecule has 44 heavy (non-hydrogen) atoms. The van der Waals surface area contributed by atoms with Crippen molar-refractivity contribution in [3.8, 4) is 22.4 Å². The molecular weight excluding hydrogens is 624 g/mol. The Morgan fingerprint density at radius 3 is 1.77 bits per heavy atom. The molecule has 0 radical (unpaired) electrons. The summed E-state index contributed by atoms with van der Waals surface area (Å²) in [4.78, 5) is 7.40. The molecule has 7 heteroatoms. The second-order valence-electron chi connectivity index (χ2n) is 11.3. The van der Waals surface area contributed by atoms with Crippen molar-refractivity contribution >= 4 is 51.8 Å². The van der Waals surface area contributed by atoms with Crippen LogP contribution in [0.1, 0.15) is 25.0 Å². The van der Waals surface area contributed by atoms with Gasteiger partial charge >= 0.3 is 228 Å². The van der Waals surface area contributed by atoms with Gasteiger partial charge in [0.15, 0.2) is 0 Å². The number of alkyl halides is 3. The normalized spacial score (nSPS) is 13.1. The van der Waals surface area contributed by atoms with E-state index in [1.165, 1.54) is 21.1 Å². The summed E-state index contributed by atoms with van der Waals surface area (Å²) in [7, 11) is 0. The van der Waals surface area contributed by atoms with Crippen LogP contribution in [0, 0.1) is 0 Å². The molecule has 1 aliphatic heterocycles. The van der Waals surface area contributed by atoms with Crippen LogP contribution in [0.15, 0.2) is 121 Å². The SMILES string of the molecule is CC(C)(O)c1ccc(-c2cc(-c3ccc(C(F)(F)F)cc3)nc3c(N4c5ccccc5[Se]c5ccccc54)cccc23)cc1. The van der Waals surface area contributed by atoms with Crippen LogP contribution in [0.5, 0.6) is 0 Å². The number of rotatable bonds is 4. The Hall–Kier alpha value is -4.42. The summed E-state index contributed by atoms with van der Waals surface area (Å²) in [6.45, 7) is 3.49. The molecule has 0 bridgehead atoms. The Morgan fingerprint density at radius 2 is 1.18 bits per heavy atom. The Morgan fingerprint density at radius 1 is 0.636 bits per heavy atom. The quantitative estimate of drug-likeness (QED) is 0.195. The third-order valence-corrected chi connectivity index (χ3v) is 10.3. The third-order valence-electron chi connectivity index (χ3n) is 7.90. The molecule has 0 fully saturated rings. The first-order valence-electron chi connectivity index (χ1n) is 14.2. The van der Waals surface area contributed by atoms with Crippen LogP contribution >= 0.6 is 0 Å². The molecule has 7 rings (SSSR count). The van der Waals surface area contributed by atoms with Crippen molar-refractivity contribution in [1.29, 1.82) is 0 Å². The van der Waals surface area contributed by atoms with Gasteiger partial charge in [-0.05, 0) is 13.8 Å². The van der Waals surface area contributed by atoms with Gasteiger partial charge in [0.25, 0.3) is 0 Å². The van der Waals surface area contributed by atoms with E-state index in [0.717, 1.165) is 56.8 Å². The van der Waals surface area contributed by atoms with Gasteiger partial charge in [0.2, 0.25) is 0 Å².